The average Bonchev–Trinajstić information content (AvgIpc) is 2.53. The zero-order valence-electron chi connectivity index (χ0n) is 13.4. The van der Waals surface area contributed by atoms with Crippen LogP contribution >= 0.6 is 22.6 Å². The van der Waals surface area contributed by atoms with Crippen LogP contribution in [0.15, 0.2) is 17.2 Å². The number of ether oxygens (including phenoxy) is 2. The normalized spacial score (nSPS) is 12.7. The van der Waals surface area contributed by atoms with Crippen LogP contribution in [0.3, 0.4) is 0 Å². The summed E-state index contributed by atoms with van der Waals surface area (Å²) in [6.45, 7) is 1.50. The van der Waals surface area contributed by atoms with Crippen molar-refractivity contribution in [2.24, 2.45) is 5.10 Å². The first-order chi connectivity index (χ1) is 12.4. The molecule has 0 bridgehead atoms. The molecular weight excluding hydrogens is 502 g/mol. The number of alkyl halides is 7. The van der Waals surface area contributed by atoms with Crippen LogP contribution in [0.1, 0.15) is 12.5 Å². The van der Waals surface area contributed by atoms with Crippen molar-refractivity contribution in [2.75, 3.05) is 13.2 Å². The predicted molar refractivity (Wildman–Crippen MR) is 88.1 cm³/mol. The first-order valence-electron chi connectivity index (χ1n) is 6.96. The molecule has 0 radical (unpaired) electrons. The molecule has 0 aliphatic carbocycles. The van der Waals surface area contributed by atoms with Crippen LogP contribution in [-0.2, 0) is 0 Å². The Morgan fingerprint density at radius 3 is 2.33 bits per heavy atom. The van der Waals surface area contributed by atoms with E-state index in [0.29, 0.717) is 15.2 Å². The Labute approximate surface area is 162 Å². The van der Waals surface area contributed by atoms with Gasteiger partial charge < -0.3 is 9.47 Å². The number of benzene rings is 1. The molecule has 0 amide bonds. The summed E-state index contributed by atoms with van der Waals surface area (Å²) >= 11 is 1.77. The third kappa shape index (κ3) is 5.50. The molecule has 0 saturated heterocycles. The second kappa shape index (κ2) is 8.81. The van der Waals surface area contributed by atoms with E-state index in [1.807, 2.05) is 0 Å². The zero-order chi connectivity index (χ0) is 20.9. The van der Waals surface area contributed by atoms with Gasteiger partial charge in [0.1, 0.15) is 6.07 Å². The molecule has 0 aromatic heterocycles. The second-order valence-corrected chi connectivity index (χ2v) is 5.89. The first-order valence-corrected chi connectivity index (χ1v) is 8.04. The lowest BCUT2D eigenvalue weighted by Crippen LogP contribution is -2.58. The van der Waals surface area contributed by atoms with Crippen LogP contribution in [0.5, 0.6) is 11.5 Å². The number of nitrogens with one attached hydrogen (secondary N) is 1. The molecule has 0 heterocycles. The van der Waals surface area contributed by atoms with Gasteiger partial charge in [-0.15, -0.1) is 0 Å². The van der Waals surface area contributed by atoms with Crippen molar-refractivity contribution in [3.05, 3.63) is 21.3 Å². The third-order valence-electron chi connectivity index (χ3n) is 2.78. The molecule has 1 aromatic carbocycles. The van der Waals surface area contributed by atoms with E-state index in [0.717, 1.165) is 0 Å². The topological polar surface area (TPSA) is 66.6 Å². The molecule has 1 N–H and O–H groups in total. The van der Waals surface area contributed by atoms with Gasteiger partial charge in [-0.25, -0.2) is 5.43 Å². The summed E-state index contributed by atoms with van der Waals surface area (Å²) in [4.78, 5) is 0. The maximum Gasteiger partial charge on any atom is 0.462 e. The molecule has 0 aliphatic heterocycles. The van der Waals surface area contributed by atoms with Crippen molar-refractivity contribution in [2.45, 2.75) is 25.1 Å². The lowest BCUT2D eigenvalue weighted by atomic mass is 10.2. The Hall–Kier alpha value is -1.98. The molecule has 0 unspecified atom stereocenters. The largest absolute Gasteiger partial charge is 0.490 e. The first kappa shape index (κ1) is 23.1. The maximum atomic E-state index is 13.1. The van der Waals surface area contributed by atoms with Gasteiger partial charge in [0.2, 0.25) is 0 Å². The Balaban J connectivity index is 3.06. The van der Waals surface area contributed by atoms with Crippen LogP contribution in [0.2, 0.25) is 0 Å². The van der Waals surface area contributed by atoms with E-state index in [-0.39, 0.29) is 30.3 Å². The van der Waals surface area contributed by atoms with Crippen molar-refractivity contribution >= 4 is 28.8 Å². The lowest BCUT2D eigenvalue weighted by molar-refractivity contribution is -0.361. The van der Waals surface area contributed by atoms with Crippen LogP contribution in [0.25, 0.3) is 0 Å². The monoisotopic (exact) mass is 513 g/mol. The van der Waals surface area contributed by atoms with Gasteiger partial charge in [-0.1, -0.05) is 0 Å². The van der Waals surface area contributed by atoms with E-state index in [9.17, 15) is 30.7 Å². The number of nitriles is 1. The van der Waals surface area contributed by atoms with Crippen LogP contribution in [0.4, 0.5) is 30.7 Å². The fourth-order valence-electron chi connectivity index (χ4n) is 1.61. The van der Waals surface area contributed by atoms with E-state index < -0.39 is 18.1 Å². The summed E-state index contributed by atoms with van der Waals surface area (Å²) in [5.41, 5.74) is 0.570. The SMILES string of the molecule is CCOc1cc(/C=N/NC(F)(F)C(F)(F)C(F)(F)F)cc(I)c1OCC#N. The Kier molecular flexibility index (Phi) is 7.52. The van der Waals surface area contributed by atoms with E-state index in [2.05, 4.69) is 5.10 Å². The fourth-order valence-corrected chi connectivity index (χ4v) is 2.39. The van der Waals surface area contributed by atoms with E-state index in [1.165, 1.54) is 12.1 Å². The van der Waals surface area contributed by atoms with Crippen molar-refractivity contribution in [1.29, 1.82) is 5.26 Å². The summed E-state index contributed by atoms with van der Waals surface area (Å²) < 4.78 is 98.7. The maximum absolute atomic E-state index is 13.1. The minimum atomic E-state index is -6.46. The highest BCUT2D eigenvalue weighted by Crippen LogP contribution is 2.45. The summed E-state index contributed by atoms with van der Waals surface area (Å²) in [6, 6.07) is -1.39. The quantitative estimate of drug-likeness (QED) is 0.185. The molecule has 0 saturated carbocycles. The number of hydrogen-bond donors (Lipinski definition) is 1. The number of hydrazone groups is 1. The van der Waals surface area contributed by atoms with Gasteiger partial charge >= 0.3 is 18.1 Å². The summed E-state index contributed by atoms with van der Waals surface area (Å²) in [5, 5.41) is 11.3. The van der Waals surface area contributed by atoms with Gasteiger partial charge in [-0.3, -0.25) is 0 Å². The number of nitrogens with zero attached hydrogens (tertiary/aromatic N) is 2. The van der Waals surface area contributed by atoms with Crippen molar-refractivity contribution in [1.82, 2.24) is 5.43 Å². The molecule has 0 fully saturated rings. The van der Waals surface area contributed by atoms with Gasteiger partial charge in [0, 0.05) is 0 Å². The summed E-state index contributed by atoms with van der Waals surface area (Å²) in [7, 11) is 0. The van der Waals surface area contributed by atoms with Gasteiger partial charge in [0.25, 0.3) is 0 Å². The highest BCUT2D eigenvalue weighted by molar-refractivity contribution is 14.1. The van der Waals surface area contributed by atoms with Crippen molar-refractivity contribution in [3.8, 4) is 17.6 Å². The standard InChI is InChI=1S/C14H11F7IN3O2/c1-2-26-10-6-8(5-9(22)11(10)27-4-3-23)7-24-25-14(20,21)12(15,16)13(17,18)19/h5-7,25H,2,4H2,1H3/b24-7+. The second-order valence-electron chi connectivity index (χ2n) is 4.73. The van der Waals surface area contributed by atoms with Crippen LogP contribution in [-0.4, -0.2) is 37.6 Å². The highest BCUT2D eigenvalue weighted by atomic mass is 127. The molecule has 1 aromatic rings. The Morgan fingerprint density at radius 1 is 1.19 bits per heavy atom. The van der Waals surface area contributed by atoms with E-state index in [4.69, 9.17) is 14.7 Å². The van der Waals surface area contributed by atoms with E-state index >= 15 is 0 Å². The Morgan fingerprint density at radius 2 is 1.81 bits per heavy atom. The average molecular weight is 513 g/mol. The molecule has 1 rings (SSSR count). The number of halogens is 8. The lowest BCUT2D eigenvalue weighted by Gasteiger charge is -2.27. The minimum Gasteiger partial charge on any atom is -0.490 e. The molecule has 150 valence electrons. The van der Waals surface area contributed by atoms with Crippen LogP contribution in [0, 0.1) is 14.9 Å². The van der Waals surface area contributed by atoms with Gasteiger partial charge in [-0.05, 0) is 47.2 Å². The third-order valence-corrected chi connectivity index (χ3v) is 3.58. The van der Waals surface area contributed by atoms with E-state index in [1.54, 1.807) is 35.6 Å². The molecular formula is C14H11F7IN3O2. The zero-order valence-corrected chi connectivity index (χ0v) is 15.5. The molecule has 0 aliphatic rings. The fraction of sp³-hybridized carbons (Fsp3) is 0.429. The molecule has 13 heteroatoms. The van der Waals surface area contributed by atoms with Gasteiger partial charge in [-0.2, -0.15) is 41.1 Å². The minimum absolute atomic E-state index is 0.0470. The molecule has 5 nitrogen and oxygen atoms in total. The highest BCUT2D eigenvalue weighted by Gasteiger charge is 2.73. The van der Waals surface area contributed by atoms with Crippen LogP contribution < -0.4 is 14.9 Å². The molecule has 0 spiro atoms. The number of rotatable bonds is 8. The molecule has 0 atom stereocenters. The van der Waals surface area contributed by atoms with Crippen molar-refractivity contribution in [3.63, 3.8) is 0 Å². The summed E-state index contributed by atoms with van der Waals surface area (Å²) in [6.07, 6.45) is -5.85. The Bertz CT molecular complexity index is 733. The van der Waals surface area contributed by atoms with Gasteiger partial charge in [0.15, 0.2) is 18.1 Å². The number of hydrogen-bond acceptors (Lipinski definition) is 5. The smallest absolute Gasteiger partial charge is 0.462 e. The van der Waals surface area contributed by atoms with Gasteiger partial charge in [0.05, 0.1) is 16.4 Å². The molecule has 27 heavy (non-hydrogen) atoms. The summed E-state index contributed by atoms with van der Waals surface area (Å²) in [5.74, 6) is -6.04. The van der Waals surface area contributed by atoms with Crippen molar-refractivity contribution < 1.29 is 40.2 Å². The predicted octanol–water partition coefficient (Wildman–Crippen LogP) is 4.31.